The summed E-state index contributed by atoms with van der Waals surface area (Å²) in [6, 6.07) is 0. The third kappa shape index (κ3) is 6.35. The van der Waals surface area contributed by atoms with E-state index in [1.54, 1.807) is 0 Å². The number of ether oxygens (including phenoxy) is 1. The Kier molecular flexibility index (Phi) is 9.40. The summed E-state index contributed by atoms with van der Waals surface area (Å²) in [4.78, 5) is 9.71. The molecule has 0 aliphatic carbocycles. The van der Waals surface area contributed by atoms with E-state index < -0.39 is 12.6 Å². The van der Waals surface area contributed by atoms with E-state index in [1.165, 1.54) is 7.11 Å². The molecule has 4 heteroatoms. The van der Waals surface area contributed by atoms with Gasteiger partial charge in [0, 0.05) is 0 Å². The fourth-order valence-corrected chi connectivity index (χ4v) is 0.0645. The second kappa shape index (κ2) is 6.35. The average Bonchev–Trinajstić information content (AvgIpc) is 1.65. The van der Waals surface area contributed by atoms with Crippen LogP contribution >= 0.6 is 0 Å². The molecule has 0 saturated carbocycles. The second-order valence-corrected chi connectivity index (χ2v) is 0.734. The molecule has 7 heavy (non-hydrogen) atoms. The van der Waals surface area contributed by atoms with Crippen molar-refractivity contribution < 1.29 is 14.6 Å². The van der Waals surface area contributed by atoms with Gasteiger partial charge in [0.05, 0.1) is 7.11 Å². The number of aliphatic hydroxyl groups is 1. The third-order valence-corrected chi connectivity index (χ3v) is 0.357. The predicted octanol–water partition coefficient (Wildman–Crippen LogP) is -1.76. The van der Waals surface area contributed by atoms with Gasteiger partial charge >= 0.3 is 33.3 Å². The van der Waals surface area contributed by atoms with Crippen molar-refractivity contribution in [2.45, 2.75) is 0 Å². The summed E-state index contributed by atoms with van der Waals surface area (Å²) in [5, 5.41) is 7.86. The summed E-state index contributed by atoms with van der Waals surface area (Å²) in [7, 11) is 1.22. The van der Waals surface area contributed by atoms with Gasteiger partial charge in [-0.1, -0.05) is 0 Å². The van der Waals surface area contributed by atoms with E-state index in [4.69, 9.17) is 5.11 Å². The van der Waals surface area contributed by atoms with Crippen LogP contribution in [0.5, 0.6) is 0 Å². The van der Waals surface area contributed by atoms with Crippen molar-refractivity contribution in [2.75, 3.05) is 13.7 Å². The van der Waals surface area contributed by atoms with E-state index in [0.717, 1.165) is 0 Å². The average molecular weight is 299 g/mol. The first-order chi connectivity index (χ1) is 2.81. The molecule has 0 spiro atoms. The van der Waals surface area contributed by atoms with Gasteiger partial charge in [0.1, 0.15) is 6.61 Å². The maximum absolute atomic E-state index is 9.71. The quantitative estimate of drug-likeness (QED) is 0.461. The maximum atomic E-state index is 9.71. The molecular formula is C3H8O3Pb. The topological polar surface area (TPSA) is 46.5 Å². The summed E-state index contributed by atoms with van der Waals surface area (Å²) >= 11 is 0. The first-order valence-electron chi connectivity index (χ1n) is 1.49. The van der Waals surface area contributed by atoms with Crippen molar-refractivity contribution >= 4 is 33.3 Å². The molecule has 0 aromatic carbocycles. The molecule has 0 saturated heterocycles. The van der Waals surface area contributed by atoms with Gasteiger partial charge in [-0.15, -0.1) is 0 Å². The van der Waals surface area contributed by atoms with E-state index in [9.17, 15) is 4.79 Å². The molecule has 0 aromatic heterocycles. The molecule has 2 radical (unpaired) electrons. The number of carbonyl (C=O) groups excluding carboxylic acids is 1. The predicted molar refractivity (Wildman–Crippen MR) is 27.6 cm³/mol. The molecule has 0 bridgehead atoms. The zero-order valence-electron chi connectivity index (χ0n) is 4.18. The number of hydrogen-bond donors (Lipinski definition) is 1. The zero-order valence-corrected chi connectivity index (χ0v) is 9.68. The first-order valence-corrected chi connectivity index (χ1v) is 1.49. The van der Waals surface area contributed by atoms with Crippen molar-refractivity contribution in [1.29, 1.82) is 0 Å². The van der Waals surface area contributed by atoms with Crippen LogP contribution < -0.4 is 0 Å². The van der Waals surface area contributed by atoms with Crippen molar-refractivity contribution in [1.82, 2.24) is 0 Å². The van der Waals surface area contributed by atoms with Crippen molar-refractivity contribution in [3.63, 3.8) is 0 Å². The molecule has 0 amide bonds. The Morgan fingerprint density at radius 3 is 2.29 bits per heavy atom. The minimum atomic E-state index is -0.602. The van der Waals surface area contributed by atoms with E-state index in [1.807, 2.05) is 0 Å². The van der Waals surface area contributed by atoms with Gasteiger partial charge in [0.15, 0.2) is 0 Å². The van der Waals surface area contributed by atoms with Gasteiger partial charge in [0.25, 0.3) is 0 Å². The third-order valence-electron chi connectivity index (χ3n) is 0.357. The van der Waals surface area contributed by atoms with Gasteiger partial charge in [-0.25, -0.2) is 4.79 Å². The fourth-order valence-electron chi connectivity index (χ4n) is 0.0645. The summed E-state index contributed by atoms with van der Waals surface area (Å²) in [6.45, 7) is -0.531. The zero-order chi connectivity index (χ0) is 4.99. The van der Waals surface area contributed by atoms with E-state index in [0.29, 0.717) is 0 Å². The molecule has 0 unspecified atom stereocenters. The molecule has 0 aliphatic heterocycles. The molecule has 0 heterocycles. The van der Waals surface area contributed by atoms with Crippen LogP contribution in [-0.4, -0.2) is 52.1 Å². The van der Waals surface area contributed by atoms with E-state index >= 15 is 0 Å². The number of esters is 1. The van der Waals surface area contributed by atoms with Crippen LogP contribution in [0.4, 0.5) is 0 Å². The Hall–Kier alpha value is 0.352. The Morgan fingerprint density at radius 1 is 1.86 bits per heavy atom. The van der Waals surface area contributed by atoms with Crippen LogP contribution in [0.25, 0.3) is 0 Å². The Bertz CT molecular complexity index is 48.1. The Labute approximate surface area is 61.8 Å². The molecule has 0 aliphatic rings. The van der Waals surface area contributed by atoms with Crippen LogP contribution in [0.2, 0.25) is 0 Å². The van der Waals surface area contributed by atoms with Crippen molar-refractivity contribution in [3.05, 3.63) is 0 Å². The monoisotopic (exact) mass is 300 g/mol. The fraction of sp³-hybridized carbons (Fsp3) is 0.667. The number of carbonyl (C=O) groups is 1. The molecule has 0 atom stereocenters. The Morgan fingerprint density at radius 2 is 2.29 bits per heavy atom. The van der Waals surface area contributed by atoms with Gasteiger partial charge in [0.2, 0.25) is 0 Å². The van der Waals surface area contributed by atoms with Gasteiger partial charge in [-0.2, -0.15) is 0 Å². The number of aliphatic hydroxyl groups excluding tert-OH is 1. The van der Waals surface area contributed by atoms with Crippen LogP contribution in [0.3, 0.4) is 0 Å². The number of methoxy groups -OCH3 is 1. The molecule has 0 rings (SSSR count). The first kappa shape index (κ1) is 10.4. The second-order valence-electron chi connectivity index (χ2n) is 0.734. The van der Waals surface area contributed by atoms with Gasteiger partial charge < -0.3 is 9.84 Å². The van der Waals surface area contributed by atoms with Crippen LogP contribution in [-0.2, 0) is 9.53 Å². The SMILES string of the molecule is COC(=O)CO.[PbH2]. The van der Waals surface area contributed by atoms with Crippen LogP contribution in [0, 0.1) is 0 Å². The van der Waals surface area contributed by atoms with Crippen LogP contribution in [0.15, 0.2) is 0 Å². The van der Waals surface area contributed by atoms with Crippen molar-refractivity contribution in [2.24, 2.45) is 0 Å². The number of hydrogen-bond acceptors (Lipinski definition) is 3. The summed E-state index contributed by atoms with van der Waals surface area (Å²) in [5.41, 5.74) is 0. The molecule has 1 N–H and O–H groups in total. The van der Waals surface area contributed by atoms with E-state index in [2.05, 4.69) is 4.74 Å². The summed E-state index contributed by atoms with van der Waals surface area (Å²) < 4.78 is 4.01. The molecule has 0 aromatic rings. The normalized spacial score (nSPS) is 6.57. The molecular weight excluding hydrogens is 291 g/mol. The minimum absolute atomic E-state index is 0. The summed E-state index contributed by atoms with van der Waals surface area (Å²) in [5.74, 6) is -0.602. The van der Waals surface area contributed by atoms with Gasteiger partial charge in [-0.05, 0) is 0 Å². The number of rotatable bonds is 1. The van der Waals surface area contributed by atoms with E-state index in [-0.39, 0.29) is 27.3 Å². The van der Waals surface area contributed by atoms with Gasteiger partial charge in [-0.3, -0.25) is 0 Å². The summed E-state index contributed by atoms with van der Waals surface area (Å²) in [6.07, 6.45) is 0. The van der Waals surface area contributed by atoms with Crippen molar-refractivity contribution in [3.8, 4) is 0 Å². The molecule has 42 valence electrons. The molecule has 0 fully saturated rings. The standard InChI is InChI=1S/C3H6O3.Pb.2H/c1-6-3(5)2-4;;;/h4H,2H2,1H3;;;. The Balaban J connectivity index is 0. The van der Waals surface area contributed by atoms with Crippen LogP contribution in [0.1, 0.15) is 0 Å². The molecule has 3 nitrogen and oxygen atoms in total.